The van der Waals surface area contributed by atoms with Crippen molar-refractivity contribution in [1.82, 2.24) is 0 Å². The zero-order chi connectivity index (χ0) is 37.7. The second-order valence-corrected chi connectivity index (χ2v) is 11.3. The fourth-order valence-corrected chi connectivity index (χ4v) is 3.40. The molecule has 0 aromatic heterocycles. The molecule has 0 fully saturated rings. The predicted octanol–water partition coefficient (Wildman–Crippen LogP) is 3.54. The fraction of sp³-hybridized carbons (Fsp3) is 0.886. The van der Waals surface area contributed by atoms with Gasteiger partial charge in [-0.25, -0.2) is 0 Å². The molecule has 0 spiro atoms. The molecule has 0 aliphatic rings. The molecule has 11 N–H and O–H groups in total. The van der Waals surface area contributed by atoms with Crippen LogP contribution in [0.4, 0.5) is 0 Å². The van der Waals surface area contributed by atoms with E-state index in [2.05, 4.69) is 26.0 Å². The van der Waals surface area contributed by atoms with Crippen molar-refractivity contribution in [3.05, 3.63) is 12.2 Å². The summed E-state index contributed by atoms with van der Waals surface area (Å²) in [5.74, 6) is -1.33. The normalized spacial score (nSPS) is 10.5. The van der Waals surface area contributed by atoms with E-state index in [1.165, 1.54) is 89.9 Å². The van der Waals surface area contributed by atoms with Gasteiger partial charge in [-0.3, -0.25) is 9.59 Å². The molecule has 0 saturated carbocycles. The van der Waals surface area contributed by atoms with Gasteiger partial charge in [-0.05, 0) is 38.5 Å². The highest BCUT2D eigenvalue weighted by atomic mass is 16.4. The molecule has 0 heterocycles. The lowest BCUT2D eigenvalue weighted by Crippen LogP contribution is -2.15. The summed E-state index contributed by atoms with van der Waals surface area (Å²) in [5, 5.41) is 88.8. The number of hydrogen-bond acceptors (Lipinski definition) is 11. The molecule has 0 rings (SSSR count). The predicted molar refractivity (Wildman–Crippen MR) is 189 cm³/mol. The third-order valence-electron chi connectivity index (χ3n) is 6.41. The molecule has 48 heavy (non-hydrogen) atoms. The molecule has 13 heteroatoms. The maximum Gasteiger partial charge on any atom is 0.303 e. The average molecular weight is 703 g/mol. The Morgan fingerprint density at radius 3 is 0.854 bits per heavy atom. The van der Waals surface area contributed by atoms with Crippen LogP contribution in [0.3, 0.4) is 0 Å². The number of carboxylic acid groups (broad SMARTS) is 2. The fourth-order valence-electron chi connectivity index (χ4n) is 3.40. The van der Waals surface area contributed by atoms with Gasteiger partial charge in [0.2, 0.25) is 0 Å². The molecular weight excluding hydrogens is 628 g/mol. The topological polar surface area (TPSA) is 257 Å². The Bertz CT molecular complexity index is 586. The smallest absolute Gasteiger partial charge is 0.303 e. The Balaban J connectivity index is -0.000000182. The number of allylic oxidation sites excluding steroid dienone is 2. The van der Waals surface area contributed by atoms with Crippen LogP contribution < -0.4 is 0 Å². The summed E-state index contributed by atoms with van der Waals surface area (Å²) in [6.07, 6.45) is 24.3. The highest BCUT2D eigenvalue weighted by Crippen LogP contribution is 2.10. The van der Waals surface area contributed by atoms with Crippen LogP contribution in [0.15, 0.2) is 12.2 Å². The molecule has 0 unspecified atom stereocenters. The van der Waals surface area contributed by atoms with Crippen molar-refractivity contribution < 1.29 is 65.8 Å². The monoisotopic (exact) mass is 703 g/mol. The third kappa shape index (κ3) is 70.6. The molecule has 0 amide bonds. The second-order valence-electron chi connectivity index (χ2n) is 11.3. The first kappa shape index (κ1) is 55.7. The van der Waals surface area contributed by atoms with Crippen LogP contribution in [-0.4, -0.2) is 126 Å². The number of aliphatic hydroxyl groups is 9. The van der Waals surface area contributed by atoms with Gasteiger partial charge in [0.1, 0.15) is 18.3 Å². The summed E-state index contributed by atoms with van der Waals surface area (Å²) in [6, 6.07) is 0. The Labute approximate surface area is 290 Å². The lowest BCUT2D eigenvalue weighted by Gasteiger charge is -1.99. The van der Waals surface area contributed by atoms with E-state index in [1.807, 2.05) is 0 Å². The second kappa shape index (κ2) is 52.1. The van der Waals surface area contributed by atoms with E-state index in [0.29, 0.717) is 12.8 Å². The molecule has 0 bridgehead atoms. The first-order valence-corrected chi connectivity index (χ1v) is 17.7. The highest BCUT2D eigenvalue weighted by molar-refractivity contribution is 5.66. The van der Waals surface area contributed by atoms with E-state index in [9.17, 15) is 9.59 Å². The van der Waals surface area contributed by atoms with E-state index in [4.69, 9.17) is 56.2 Å². The van der Waals surface area contributed by atoms with Crippen LogP contribution in [0.25, 0.3) is 0 Å². The minimum Gasteiger partial charge on any atom is -0.481 e. The zero-order valence-corrected chi connectivity index (χ0v) is 30.0. The van der Waals surface area contributed by atoms with E-state index in [1.54, 1.807) is 0 Å². The van der Waals surface area contributed by atoms with Crippen LogP contribution >= 0.6 is 0 Å². The molecule has 0 aliphatic carbocycles. The van der Waals surface area contributed by atoms with Gasteiger partial charge in [-0.15, -0.1) is 0 Å². The lowest BCUT2D eigenvalue weighted by atomic mass is 10.1. The molecule has 13 nitrogen and oxygen atoms in total. The molecule has 292 valence electrons. The summed E-state index contributed by atoms with van der Waals surface area (Å²) in [7, 11) is 0. The summed E-state index contributed by atoms with van der Waals surface area (Å²) < 4.78 is 0. The Morgan fingerprint density at radius 2 is 0.646 bits per heavy atom. The summed E-state index contributed by atoms with van der Waals surface area (Å²) in [4.78, 5) is 20.4. The standard InChI is InChI=1S/C18H34O2.C8H16O2.3C3H8O3/c1-2-3-4-5-6-7-8-9-10-11-12-13-14-15-16-17-18(19)20;1-2-3-4-5-6-7-8(9)10;3*4-1-3(6)2-5/h9-10H,2-8,11-17H2,1H3,(H,19,20);2-7H2,1H3,(H,9,10);3*3-6H,1-2H2/b10-9-;;;;. The van der Waals surface area contributed by atoms with Crippen molar-refractivity contribution in [3.63, 3.8) is 0 Å². The van der Waals surface area contributed by atoms with Crippen LogP contribution in [0.2, 0.25) is 0 Å². The summed E-state index contributed by atoms with van der Waals surface area (Å²) in [5.41, 5.74) is 0. The van der Waals surface area contributed by atoms with Gasteiger partial charge < -0.3 is 56.2 Å². The number of hydrogen-bond donors (Lipinski definition) is 11. The van der Waals surface area contributed by atoms with Gasteiger partial charge >= 0.3 is 11.9 Å². The summed E-state index contributed by atoms with van der Waals surface area (Å²) in [6.45, 7) is 2.22. The molecule has 0 atom stereocenters. The Morgan fingerprint density at radius 1 is 0.417 bits per heavy atom. The van der Waals surface area contributed by atoms with E-state index < -0.39 is 30.3 Å². The number of aliphatic hydroxyl groups excluding tert-OH is 9. The largest absolute Gasteiger partial charge is 0.481 e. The van der Waals surface area contributed by atoms with Crippen LogP contribution in [0.1, 0.15) is 142 Å². The van der Waals surface area contributed by atoms with Crippen LogP contribution in [-0.2, 0) is 9.59 Å². The third-order valence-corrected chi connectivity index (χ3v) is 6.41. The van der Waals surface area contributed by atoms with Gasteiger partial charge in [0.15, 0.2) is 0 Å². The lowest BCUT2D eigenvalue weighted by molar-refractivity contribution is -0.138. The number of carbonyl (C=O) groups is 2. The van der Waals surface area contributed by atoms with Crippen LogP contribution in [0, 0.1) is 0 Å². The SMILES string of the molecule is CCCCCCCC(=O)O.CCCCCCCC/C=C\CCCCCCCC(=O)O.OCC(O)CO.OCC(O)CO.OCC(O)CO. The molecular formula is C35H74O13. The van der Waals surface area contributed by atoms with Crippen molar-refractivity contribution in [2.24, 2.45) is 0 Å². The van der Waals surface area contributed by atoms with Crippen molar-refractivity contribution in [1.29, 1.82) is 0 Å². The Hall–Kier alpha value is -1.68. The molecule has 0 aromatic rings. The van der Waals surface area contributed by atoms with Crippen molar-refractivity contribution in [3.8, 4) is 0 Å². The molecule has 0 saturated heterocycles. The van der Waals surface area contributed by atoms with E-state index in [0.717, 1.165) is 25.7 Å². The van der Waals surface area contributed by atoms with Crippen molar-refractivity contribution in [2.75, 3.05) is 39.6 Å². The van der Waals surface area contributed by atoms with E-state index in [-0.39, 0.29) is 39.6 Å². The number of carboxylic acids is 2. The first-order chi connectivity index (χ1) is 23.0. The number of rotatable bonds is 27. The zero-order valence-electron chi connectivity index (χ0n) is 30.0. The summed E-state index contributed by atoms with van der Waals surface area (Å²) >= 11 is 0. The quantitative estimate of drug-likeness (QED) is 0.0433. The molecule has 0 aromatic carbocycles. The van der Waals surface area contributed by atoms with Gasteiger partial charge in [0.05, 0.1) is 39.6 Å². The molecule has 0 aliphatic heterocycles. The van der Waals surface area contributed by atoms with Gasteiger partial charge in [-0.1, -0.05) is 103 Å². The van der Waals surface area contributed by atoms with E-state index >= 15 is 0 Å². The Kier molecular flexibility index (Phi) is 60.5. The van der Waals surface area contributed by atoms with Gasteiger partial charge in [0.25, 0.3) is 0 Å². The minimum atomic E-state index is -0.954. The maximum atomic E-state index is 10.3. The van der Waals surface area contributed by atoms with Gasteiger partial charge in [-0.2, -0.15) is 0 Å². The molecule has 0 radical (unpaired) electrons. The van der Waals surface area contributed by atoms with Crippen LogP contribution in [0.5, 0.6) is 0 Å². The van der Waals surface area contributed by atoms with Gasteiger partial charge in [0, 0.05) is 12.8 Å². The van der Waals surface area contributed by atoms with Crippen molar-refractivity contribution >= 4 is 11.9 Å². The number of unbranched alkanes of at least 4 members (excludes halogenated alkanes) is 15. The minimum absolute atomic E-state index is 0.332. The first-order valence-electron chi connectivity index (χ1n) is 17.7. The number of aliphatic carboxylic acids is 2. The highest BCUT2D eigenvalue weighted by Gasteiger charge is 1.97. The average Bonchev–Trinajstić information content (AvgIpc) is 3.09. The van der Waals surface area contributed by atoms with Crippen molar-refractivity contribution in [2.45, 2.75) is 161 Å². The maximum absolute atomic E-state index is 10.3.